The topological polar surface area (TPSA) is 110 Å². The molecule has 3 amide bonds. The molecule has 1 aliphatic heterocycles. The van der Waals surface area contributed by atoms with Gasteiger partial charge in [0.25, 0.3) is 5.91 Å². The van der Waals surface area contributed by atoms with Crippen LogP contribution in [-0.4, -0.2) is 58.9 Å². The normalized spacial score (nSPS) is 18.9. The predicted octanol–water partition coefficient (Wildman–Crippen LogP) is -0.357. The fraction of sp³-hybridized carbons (Fsp3) is 0.571. The number of carbonyl (C=O) groups excluding carboxylic acids is 3. The van der Waals surface area contributed by atoms with Crippen molar-refractivity contribution < 1.29 is 18.9 Å². The van der Waals surface area contributed by atoms with E-state index >= 15 is 0 Å². The van der Waals surface area contributed by atoms with Crippen LogP contribution < -0.4 is 5.73 Å². The summed E-state index contributed by atoms with van der Waals surface area (Å²) in [6, 6.07) is 1.59. The van der Waals surface area contributed by atoms with E-state index in [-0.39, 0.29) is 30.7 Å². The van der Waals surface area contributed by atoms with E-state index in [1.165, 1.54) is 16.7 Å². The summed E-state index contributed by atoms with van der Waals surface area (Å²) in [5.41, 5.74) is 6.06. The van der Waals surface area contributed by atoms with E-state index in [9.17, 15) is 14.4 Å². The standard InChI is InChI=1S/C14H20N4O4/c1-3-11-6-12(22-16-11)14(21)18-5-4-17(9(2)19)7-10(8-18)13(15)20/h6,10H,3-5,7-8H2,1-2H3,(H2,15,20)/t10-/m1/s1. The monoisotopic (exact) mass is 308 g/mol. The molecule has 120 valence electrons. The lowest BCUT2D eigenvalue weighted by Crippen LogP contribution is -2.40. The molecule has 1 fully saturated rings. The molecule has 0 radical (unpaired) electrons. The average Bonchev–Trinajstić information content (AvgIpc) is 2.83. The second-order valence-electron chi connectivity index (χ2n) is 5.35. The number of amides is 3. The number of hydrogen-bond acceptors (Lipinski definition) is 5. The van der Waals surface area contributed by atoms with E-state index < -0.39 is 11.8 Å². The van der Waals surface area contributed by atoms with Gasteiger partial charge in [0, 0.05) is 39.2 Å². The van der Waals surface area contributed by atoms with Crippen LogP contribution in [0.4, 0.5) is 0 Å². The molecule has 1 aliphatic rings. The molecule has 2 rings (SSSR count). The molecule has 1 saturated heterocycles. The van der Waals surface area contributed by atoms with Crippen molar-refractivity contribution >= 4 is 17.7 Å². The number of aryl methyl sites for hydroxylation is 1. The first kappa shape index (κ1) is 16.0. The molecule has 0 bridgehead atoms. The zero-order chi connectivity index (χ0) is 16.3. The van der Waals surface area contributed by atoms with Crippen molar-refractivity contribution in [3.8, 4) is 0 Å². The van der Waals surface area contributed by atoms with Crippen molar-refractivity contribution in [2.24, 2.45) is 11.7 Å². The van der Waals surface area contributed by atoms with Crippen molar-refractivity contribution in [2.45, 2.75) is 20.3 Å². The maximum Gasteiger partial charge on any atom is 0.292 e. The Labute approximate surface area is 128 Å². The minimum atomic E-state index is -0.594. The van der Waals surface area contributed by atoms with Crippen LogP contribution in [0.3, 0.4) is 0 Å². The Morgan fingerprint density at radius 3 is 2.50 bits per heavy atom. The first-order valence-corrected chi connectivity index (χ1v) is 7.22. The zero-order valence-corrected chi connectivity index (χ0v) is 12.7. The highest BCUT2D eigenvalue weighted by Crippen LogP contribution is 2.14. The van der Waals surface area contributed by atoms with Gasteiger partial charge in [-0.1, -0.05) is 12.1 Å². The summed E-state index contributed by atoms with van der Waals surface area (Å²) in [5, 5.41) is 3.79. The molecule has 0 spiro atoms. The van der Waals surface area contributed by atoms with Gasteiger partial charge in [-0.3, -0.25) is 14.4 Å². The Balaban J connectivity index is 2.17. The minimum absolute atomic E-state index is 0.136. The summed E-state index contributed by atoms with van der Waals surface area (Å²) in [6.45, 7) is 4.42. The van der Waals surface area contributed by atoms with Gasteiger partial charge in [0.2, 0.25) is 17.6 Å². The lowest BCUT2D eigenvalue weighted by molar-refractivity contribution is -0.130. The van der Waals surface area contributed by atoms with Gasteiger partial charge in [-0.05, 0) is 6.42 Å². The fourth-order valence-corrected chi connectivity index (χ4v) is 2.40. The Kier molecular flexibility index (Phi) is 4.79. The molecule has 0 aromatic carbocycles. The van der Waals surface area contributed by atoms with Crippen molar-refractivity contribution in [2.75, 3.05) is 26.2 Å². The Bertz CT molecular complexity index is 583. The summed E-state index contributed by atoms with van der Waals surface area (Å²) >= 11 is 0. The number of rotatable bonds is 3. The van der Waals surface area contributed by atoms with Crippen LogP contribution in [0.15, 0.2) is 10.6 Å². The highest BCUT2D eigenvalue weighted by molar-refractivity contribution is 5.92. The van der Waals surface area contributed by atoms with E-state index in [2.05, 4.69) is 5.16 Å². The largest absolute Gasteiger partial charge is 0.369 e. The zero-order valence-electron chi connectivity index (χ0n) is 12.7. The third-order valence-corrected chi connectivity index (χ3v) is 3.79. The summed E-state index contributed by atoms with van der Waals surface area (Å²) < 4.78 is 5.04. The molecule has 1 atom stereocenters. The lowest BCUT2D eigenvalue weighted by atomic mass is 10.1. The smallest absolute Gasteiger partial charge is 0.292 e. The van der Waals surface area contributed by atoms with Crippen LogP contribution in [0.2, 0.25) is 0 Å². The summed E-state index contributed by atoms with van der Waals surface area (Å²) in [6.07, 6.45) is 0.665. The Morgan fingerprint density at radius 2 is 1.95 bits per heavy atom. The van der Waals surface area contributed by atoms with E-state index in [4.69, 9.17) is 10.3 Å². The molecule has 2 heterocycles. The van der Waals surface area contributed by atoms with Gasteiger partial charge < -0.3 is 20.1 Å². The number of primary amides is 1. The first-order valence-electron chi connectivity index (χ1n) is 7.22. The molecule has 2 N–H and O–H groups in total. The van der Waals surface area contributed by atoms with Crippen molar-refractivity contribution in [1.82, 2.24) is 15.0 Å². The van der Waals surface area contributed by atoms with Gasteiger partial charge in [-0.15, -0.1) is 0 Å². The van der Waals surface area contributed by atoms with Crippen molar-refractivity contribution in [3.63, 3.8) is 0 Å². The molecular formula is C14H20N4O4. The fourth-order valence-electron chi connectivity index (χ4n) is 2.40. The highest BCUT2D eigenvalue weighted by atomic mass is 16.5. The van der Waals surface area contributed by atoms with Gasteiger partial charge in [0.1, 0.15) is 0 Å². The maximum atomic E-state index is 12.5. The van der Waals surface area contributed by atoms with Gasteiger partial charge in [0.15, 0.2) is 0 Å². The van der Waals surface area contributed by atoms with E-state index in [1.54, 1.807) is 6.07 Å². The quantitative estimate of drug-likeness (QED) is 0.820. The summed E-state index contributed by atoms with van der Waals surface area (Å²) in [4.78, 5) is 38.6. The van der Waals surface area contributed by atoms with Gasteiger partial charge in [-0.25, -0.2) is 0 Å². The lowest BCUT2D eigenvalue weighted by Gasteiger charge is -2.20. The van der Waals surface area contributed by atoms with Crippen LogP contribution in [-0.2, 0) is 16.0 Å². The van der Waals surface area contributed by atoms with Gasteiger partial charge in [-0.2, -0.15) is 0 Å². The molecule has 8 nitrogen and oxygen atoms in total. The third-order valence-electron chi connectivity index (χ3n) is 3.79. The number of carbonyl (C=O) groups is 3. The minimum Gasteiger partial charge on any atom is -0.369 e. The van der Waals surface area contributed by atoms with E-state index in [0.717, 1.165) is 0 Å². The van der Waals surface area contributed by atoms with Gasteiger partial charge in [0.05, 0.1) is 11.6 Å². The molecule has 1 aromatic heterocycles. The maximum absolute atomic E-state index is 12.5. The van der Waals surface area contributed by atoms with Gasteiger partial charge >= 0.3 is 0 Å². The van der Waals surface area contributed by atoms with Crippen LogP contribution >= 0.6 is 0 Å². The SMILES string of the molecule is CCc1cc(C(=O)N2CCN(C(C)=O)C[C@@H](C(N)=O)C2)on1. The second-order valence-corrected chi connectivity index (χ2v) is 5.35. The number of aromatic nitrogens is 1. The highest BCUT2D eigenvalue weighted by Gasteiger charge is 2.31. The molecule has 0 unspecified atom stereocenters. The van der Waals surface area contributed by atoms with Crippen LogP contribution in [0.5, 0.6) is 0 Å². The van der Waals surface area contributed by atoms with Crippen LogP contribution in [0, 0.1) is 5.92 Å². The second kappa shape index (κ2) is 6.59. The summed E-state index contributed by atoms with van der Waals surface area (Å²) in [7, 11) is 0. The van der Waals surface area contributed by atoms with Crippen molar-refractivity contribution in [3.05, 3.63) is 17.5 Å². The molecule has 1 aromatic rings. The molecule has 8 heteroatoms. The molecule has 0 saturated carbocycles. The predicted molar refractivity (Wildman–Crippen MR) is 76.7 cm³/mol. The average molecular weight is 308 g/mol. The van der Waals surface area contributed by atoms with E-state index in [0.29, 0.717) is 25.2 Å². The molecular weight excluding hydrogens is 288 g/mol. The Hall–Kier alpha value is -2.38. The number of nitrogens with two attached hydrogens (primary N) is 1. The van der Waals surface area contributed by atoms with Crippen molar-refractivity contribution in [1.29, 1.82) is 0 Å². The van der Waals surface area contributed by atoms with Crippen LogP contribution in [0.1, 0.15) is 30.1 Å². The molecule has 0 aliphatic carbocycles. The Morgan fingerprint density at radius 1 is 1.32 bits per heavy atom. The summed E-state index contributed by atoms with van der Waals surface area (Å²) in [5.74, 6) is -1.48. The first-order chi connectivity index (χ1) is 10.4. The third kappa shape index (κ3) is 3.44. The van der Waals surface area contributed by atoms with E-state index in [1.807, 2.05) is 6.92 Å². The number of hydrogen-bond donors (Lipinski definition) is 1. The number of nitrogens with zero attached hydrogens (tertiary/aromatic N) is 3. The molecule has 22 heavy (non-hydrogen) atoms. The van der Waals surface area contributed by atoms with Crippen LogP contribution in [0.25, 0.3) is 0 Å².